The summed E-state index contributed by atoms with van der Waals surface area (Å²) >= 11 is 0. The Kier molecular flexibility index (Phi) is 13.4. The van der Waals surface area contributed by atoms with Crippen molar-refractivity contribution < 1.29 is 73.0 Å². The second kappa shape index (κ2) is 17.2. The molecular formula is C33H44O15. The summed E-state index contributed by atoms with van der Waals surface area (Å²) in [6.07, 6.45) is -11.5. The molecule has 5 N–H and O–H groups in total. The monoisotopic (exact) mass is 680 g/mol. The van der Waals surface area contributed by atoms with Crippen molar-refractivity contribution in [1.29, 1.82) is 0 Å². The maximum atomic E-state index is 13.0. The molecule has 0 unspecified atom stereocenters. The molecule has 0 aliphatic carbocycles. The second-order valence-corrected chi connectivity index (χ2v) is 11.2. The minimum atomic E-state index is -1.73. The van der Waals surface area contributed by atoms with Gasteiger partial charge in [0.25, 0.3) is 0 Å². The molecule has 15 nitrogen and oxygen atoms in total. The topological polar surface area (TPSA) is 201 Å². The van der Waals surface area contributed by atoms with E-state index in [1.165, 1.54) is 41.4 Å². The fourth-order valence-corrected chi connectivity index (χ4v) is 5.38. The van der Waals surface area contributed by atoms with Crippen molar-refractivity contribution in [1.82, 2.24) is 0 Å². The Morgan fingerprint density at radius 1 is 0.771 bits per heavy atom. The van der Waals surface area contributed by atoms with Gasteiger partial charge in [0.15, 0.2) is 41.7 Å². The van der Waals surface area contributed by atoms with E-state index in [9.17, 15) is 30.3 Å². The van der Waals surface area contributed by atoms with Crippen molar-refractivity contribution >= 4 is 12.0 Å². The van der Waals surface area contributed by atoms with Gasteiger partial charge in [-0.05, 0) is 54.8 Å². The lowest BCUT2D eigenvalue weighted by molar-refractivity contribution is -0.357. The molecule has 10 atom stereocenters. The van der Waals surface area contributed by atoms with Gasteiger partial charge in [0, 0.05) is 6.08 Å². The molecule has 0 spiro atoms. The van der Waals surface area contributed by atoms with Crippen LogP contribution in [0.5, 0.6) is 23.0 Å². The third kappa shape index (κ3) is 8.74. The first-order valence-electron chi connectivity index (χ1n) is 15.3. The van der Waals surface area contributed by atoms with Crippen LogP contribution in [-0.2, 0) is 34.9 Å². The molecule has 15 heteroatoms. The maximum absolute atomic E-state index is 13.0. The fourth-order valence-electron chi connectivity index (χ4n) is 5.38. The average Bonchev–Trinajstić information content (AvgIpc) is 3.10. The normalized spacial score (nSPS) is 30.5. The summed E-state index contributed by atoms with van der Waals surface area (Å²) in [6, 6.07) is 10.3. The number of benzene rings is 2. The summed E-state index contributed by atoms with van der Waals surface area (Å²) in [5, 5.41) is 52.8. The highest BCUT2D eigenvalue weighted by molar-refractivity contribution is 5.87. The summed E-state index contributed by atoms with van der Waals surface area (Å²) < 4.78 is 50.0. The zero-order chi connectivity index (χ0) is 35.0. The predicted molar refractivity (Wildman–Crippen MR) is 167 cm³/mol. The van der Waals surface area contributed by atoms with E-state index in [4.69, 9.17) is 42.6 Å². The smallest absolute Gasteiger partial charge is 0.331 e. The molecule has 0 bridgehead atoms. The van der Waals surface area contributed by atoms with Gasteiger partial charge in [0.05, 0.1) is 47.8 Å². The summed E-state index contributed by atoms with van der Waals surface area (Å²) in [5.74, 6) is 1.14. The Hall–Kier alpha value is -3.51. The predicted octanol–water partition coefficient (Wildman–Crippen LogP) is 0.196. The van der Waals surface area contributed by atoms with Gasteiger partial charge in [-0.25, -0.2) is 4.79 Å². The molecule has 0 amide bonds. The molecule has 2 aromatic rings. The zero-order valence-electron chi connectivity index (χ0n) is 27.3. The molecule has 2 fully saturated rings. The summed E-state index contributed by atoms with van der Waals surface area (Å²) in [6.45, 7) is 0.833. The maximum Gasteiger partial charge on any atom is 0.331 e. The molecule has 2 aromatic carbocycles. The van der Waals surface area contributed by atoms with Crippen molar-refractivity contribution in [2.45, 2.75) is 74.8 Å². The Balaban J connectivity index is 1.52. The van der Waals surface area contributed by atoms with Gasteiger partial charge in [-0.1, -0.05) is 12.1 Å². The third-order valence-electron chi connectivity index (χ3n) is 8.09. The van der Waals surface area contributed by atoms with Gasteiger partial charge in [-0.15, -0.1) is 0 Å². The molecular weight excluding hydrogens is 636 g/mol. The van der Waals surface area contributed by atoms with Crippen LogP contribution in [0.4, 0.5) is 0 Å². The van der Waals surface area contributed by atoms with Gasteiger partial charge in [0.1, 0.15) is 36.6 Å². The Labute approximate surface area is 278 Å². The number of ether oxygens (including phenoxy) is 9. The van der Waals surface area contributed by atoms with E-state index in [0.717, 1.165) is 11.6 Å². The molecule has 0 radical (unpaired) electrons. The number of hydrogen-bond donors (Lipinski definition) is 5. The highest BCUT2D eigenvalue weighted by atomic mass is 16.7. The van der Waals surface area contributed by atoms with Crippen LogP contribution in [0.2, 0.25) is 0 Å². The summed E-state index contributed by atoms with van der Waals surface area (Å²) in [5.41, 5.74) is 1.41. The lowest BCUT2D eigenvalue weighted by Crippen LogP contribution is -2.65. The lowest BCUT2D eigenvalue weighted by Gasteiger charge is -2.46. The number of carbonyl (C=O) groups excluding carboxylic acids is 1. The van der Waals surface area contributed by atoms with Crippen LogP contribution < -0.4 is 18.9 Å². The second-order valence-electron chi connectivity index (χ2n) is 11.2. The van der Waals surface area contributed by atoms with Gasteiger partial charge in [0.2, 0.25) is 0 Å². The highest BCUT2D eigenvalue weighted by Crippen LogP contribution is 2.33. The van der Waals surface area contributed by atoms with Gasteiger partial charge < -0.3 is 68.2 Å². The minimum absolute atomic E-state index is 0.0467. The molecule has 2 aliphatic rings. The summed E-state index contributed by atoms with van der Waals surface area (Å²) in [4.78, 5) is 13.0. The van der Waals surface area contributed by atoms with E-state index in [-0.39, 0.29) is 6.61 Å². The molecule has 4 rings (SSSR count). The van der Waals surface area contributed by atoms with E-state index < -0.39 is 74.0 Å². The number of aliphatic hydroxyl groups is 5. The lowest BCUT2D eigenvalue weighted by atomic mass is 9.97. The van der Waals surface area contributed by atoms with E-state index >= 15 is 0 Å². The molecule has 0 aromatic heterocycles. The fraction of sp³-hybridized carbons (Fsp3) is 0.545. The largest absolute Gasteiger partial charge is 0.493 e. The Bertz CT molecular complexity index is 1370. The standard InChI is InChI=1S/C33H44O15/c1-17-26(36)27(37)28(38)33(45-17)48-31-29(39)32(44-13-12-19-7-10-21(41-3)23(15-19)43-5)46-24(16-34)30(31)47-25(35)11-8-18-6-9-20(40-2)22(14-18)42-4/h6-11,14-15,17,24,26-34,36-39H,12-13,16H2,1-5H3/b11-8+/t17-,24+,26-,27+,28+,29+,30+,31+,32+,33-/m0/s1. The van der Waals surface area contributed by atoms with Crippen LogP contribution in [0.1, 0.15) is 18.1 Å². The average molecular weight is 681 g/mol. The van der Waals surface area contributed by atoms with E-state index in [1.807, 2.05) is 6.07 Å². The molecule has 0 saturated carbocycles. The van der Waals surface area contributed by atoms with E-state index in [0.29, 0.717) is 35.0 Å². The number of carbonyl (C=O) groups is 1. The number of methoxy groups -OCH3 is 4. The van der Waals surface area contributed by atoms with Crippen LogP contribution in [0, 0.1) is 0 Å². The quantitative estimate of drug-likeness (QED) is 0.134. The number of rotatable bonds is 14. The third-order valence-corrected chi connectivity index (χ3v) is 8.09. The SMILES string of the molecule is COc1ccc(/C=C/C(=O)O[C@H]2[C@H](O[C@@H]3O[C@@H](C)[C@H](O)[C@@H](O)[C@H]3O)[C@@H](O)[C@H](OCCc3ccc(OC)c(OC)c3)O[C@@H]2CO)cc1OC. The number of aliphatic hydroxyl groups excluding tert-OH is 5. The minimum Gasteiger partial charge on any atom is -0.493 e. The Morgan fingerprint density at radius 2 is 1.42 bits per heavy atom. The molecule has 2 aliphatic heterocycles. The molecule has 48 heavy (non-hydrogen) atoms. The van der Waals surface area contributed by atoms with Crippen LogP contribution in [0.3, 0.4) is 0 Å². The Morgan fingerprint density at radius 3 is 2.06 bits per heavy atom. The van der Waals surface area contributed by atoms with Crippen LogP contribution >= 0.6 is 0 Å². The number of esters is 1. The highest BCUT2D eigenvalue weighted by Gasteiger charge is 2.52. The molecule has 2 heterocycles. The first-order valence-corrected chi connectivity index (χ1v) is 15.3. The van der Waals surface area contributed by atoms with Crippen LogP contribution in [-0.4, -0.2) is 135 Å². The van der Waals surface area contributed by atoms with Crippen molar-refractivity contribution in [3.63, 3.8) is 0 Å². The van der Waals surface area contributed by atoms with Crippen LogP contribution in [0.15, 0.2) is 42.5 Å². The van der Waals surface area contributed by atoms with Gasteiger partial charge in [-0.3, -0.25) is 0 Å². The van der Waals surface area contributed by atoms with E-state index in [2.05, 4.69) is 0 Å². The number of hydrogen-bond acceptors (Lipinski definition) is 15. The van der Waals surface area contributed by atoms with Crippen LogP contribution in [0.25, 0.3) is 6.08 Å². The van der Waals surface area contributed by atoms with Crippen molar-refractivity contribution in [3.05, 3.63) is 53.6 Å². The molecule has 266 valence electrons. The van der Waals surface area contributed by atoms with Crippen molar-refractivity contribution in [2.75, 3.05) is 41.7 Å². The first kappa shape index (κ1) is 37.3. The van der Waals surface area contributed by atoms with E-state index in [1.54, 1.807) is 30.3 Å². The van der Waals surface area contributed by atoms with Crippen molar-refractivity contribution in [2.24, 2.45) is 0 Å². The van der Waals surface area contributed by atoms with Crippen molar-refractivity contribution in [3.8, 4) is 23.0 Å². The van der Waals surface area contributed by atoms with Gasteiger partial charge in [-0.2, -0.15) is 0 Å². The molecule has 2 saturated heterocycles. The first-order chi connectivity index (χ1) is 23.0. The van der Waals surface area contributed by atoms with Gasteiger partial charge >= 0.3 is 5.97 Å². The zero-order valence-corrected chi connectivity index (χ0v) is 27.3. The summed E-state index contributed by atoms with van der Waals surface area (Å²) in [7, 11) is 6.01.